The van der Waals surface area contributed by atoms with E-state index in [1.165, 1.54) is 0 Å². The largest absolute Gasteiger partial charge is 0.418 e. The fraction of sp³-hybridized carbons (Fsp3) is 0.111. The molecule has 0 aliphatic rings. The third-order valence-electron chi connectivity index (χ3n) is 1.45. The van der Waals surface area contributed by atoms with E-state index in [-0.39, 0.29) is 0 Å². The van der Waals surface area contributed by atoms with Crippen molar-refractivity contribution in [2.24, 2.45) is 5.73 Å². The van der Waals surface area contributed by atoms with E-state index in [0.29, 0.717) is 12.0 Å². The van der Waals surface area contributed by atoms with Gasteiger partial charge in [0.05, 0.1) is 0 Å². The Hall–Kier alpha value is -2.04. The highest BCUT2D eigenvalue weighted by Crippen LogP contribution is 2.06. The number of anilines is 1. The van der Waals surface area contributed by atoms with Crippen molar-refractivity contribution in [1.82, 2.24) is 0 Å². The minimum Gasteiger partial charge on any atom is -0.418 e. The van der Waals surface area contributed by atoms with Gasteiger partial charge in [-0.2, -0.15) is 0 Å². The third kappa shape index (κ3) is 3.14. The lowest BCUT2D eigenvalue weighted by molar-refractivity contribution is -0.113. The van der Waals surface area contributed by atoms with Crippen LogP contribution in [0.3, 0.4) is 0 Å². The van der Waals surface area contributed by atoms with E-state index in [4.69, 9.17) is 5.73 Å². The predicted molar refractivity (Wildman–Crippen MR) is 50.6 cm³/mol. The Labute approximate surface area is 80.9 Å². The normalized spacial score (nSPS) is 11.4. The SMILES string of the molecule is NC(=O)OC(C=O)Nc1ccccc1. The van der Waals surface area contributed by atoms with E-state index >= 15 is 0 Å². The van der Waals surface area contributed by atoms with Crippen molar-refractivity contribution in [1.29, 1.82) is 0 Å². The number of nitrogens with one attached hydrogen (secondary N) is 1. The molecule has 0 aliphatic heterocycles. The molecule has 74 valence electrons. The summed E-state index contributed by atoms with van der Waals surface area (Å²) in [6.07, 6.45) is -1.59. The van der Waals surface area contributed by atoms with Crippen LogP contribution in [0.5, 0.6) is 0 Å². The first-order chi connectivity index (χ1) is 6.72. The minimum atomic E-state index is -1.05. The zero-order valence-electron chi connectivity index (χ0n) is 7.34. The summed E-state index contributed by atoms with van der Waals surface area (Å²) in [7, 11) is 0. The summed E-state index contributed by atoms with van der Waals surface area (Å²) in [6, 6.07) is 8.88. The first-order valence-corrected chi connectivity index (χ1v) is 3.95. The molecule has 0 bridgehead atoms. The summed E-state index contributed by atoms with van der Waals surface area (Å²) in [5, 5.41) is 2.67. The van der Waals surface area contributed by atoms with E-state index in [0.717, 1.165) is 0 Å². The van der Waals surface area contributed by atoms with Gasteiger partial charge in [0.2, 0.25) is 6.23 Å². The molecule has 1 aromatic carbocycles. The number of hydrogen-bond donors (Lipinski definition) is 2. The summed E-state index contributed by atoms with van der Waals surface area (Å²) in [6.45, 7) is 0. The molecule has 1 unspecified atom stereocenters. The molecular formula is C9H10N2O3. The second-order valence-electron chi connectivity index (χ2n) is 2.50. The number of hydrogen-bond acceptors (Lipinski definition) is 4. The maximum absolute atomic E-state index is 10.4. The first kappa shape index (κ1) is 10.0. The Morgan fingerprint density at radius 1 is 1.43 bits per heavy atom. The van der Waals surface area contributed by atoms with Crippen LogP contribution >= 0.6 is 0 Å². The zero-order chi connectivity index (χ0) is 10.4. The molecule has 0 spiro atoms. The van der Waals surface area contributed by atoms with E-state index in [9.17, 15) is 9.59 Å². The summed E-state index contributed by atoms with van der Waals surface area (Å²) >= 11 is 0. The maximum atomic E-state index is 10.4. The number of carbonyl (C=O) groups excluding carboxylic acids is 2. The highest BCUT2D eigenvalue weighted by atomic mass is 16.6. The first-order valence-electron chi connectivity index (χ1n) is 3.95. The lowest BCUT2D eigenvalue weighted by Crippen LogP contribution is -2.30. The molecule has 1 rings (SSSR count). The molecule has 0 heterocycles. The van der Waals surface area contributed by atoms with Gasteiger partial charge in [-0.3, -0.25) is 4.79 Å². The van der Waals surface area contributed by atoms with Gasteiger partial charge in [0.15, 0.2) is 6.29 Å². The van der Waals surface area contributed by atoms with E-state index in [2.05, 4.69) is 10.1 Å². The molecule has 3 N–H and O–H groups in total. The van der Waals surface area contributed by atoms with Gasteiger partial charge in [-0.05, 0) is 12.1 Å². The van der Waals surface area contributed by atoms with Gasteiger partial charge in [0, 0.05) is 5.69 Å². The monoisotopic (exact) mass is 194 g/mol. The van der Waals surface area contributed by atoms with Crippen LogP contribution in [-0.2, 0) is 9.53 Å². The molecule has 0 fully saturated rings. The number of aldehydes is 1. The van der Waals surface area contributed by atoms with Crippen molar-refractivity contribution >= 4 is 18.1 Å². The predicted octanol–water partition coefficient (Wildman–Crippen LogP) is 0.719. The van der Waals surface area contributed by atoms with E-state index in [1.54, 1.807) is 24.3 Å². The van der Waals surface area contributed by atoms with Gasteiger partial charge in [0.25, 0.3) is 0 Å². The Bertz CT molecular complexity index is 313. The van der Waals surface area contributed by atoms with Crippen LogP contribution in [0.25, 0.3) is 0 Å². The second kappa shape index (κ2) is 4.86. The summed E-state index contributed by atoms with van der Waals surface area (Å²) in [5.74, 6) is 0. The molecule has 0 saturated carbocycles. The maximum Gasteiger partial charge on any atom is 0.406 e. The fourth-order valence-corrected chi connectivity index (χ4v) is 0.915. The number of benzene rings is 1. The number of primary amides is 1. The lowest BCUT2D eigenvalue weighted by atomic mass is 10.3. The number of rotatable bonds is 4. The van der Waals surface area contributed by atoms with E-state index in [1.807, 2.05) is 6.07 Å². The molecule has 1 amide bonds. The number of para-hydroxylation sites is 1. The van der Waals surface area contributed by atoms with Crippen LogP contribution in [0.2, 0.25) is 0 Å². The highest BCUT2D eigenvalue weighted by Gasteiger charge is 2.09. The zero-order valence-corrected chi connectivity index (χ0v) is 7.34. The third-order valence-corrected chi connectivity index (χ3v) is 1.45. The summed E-state index contributed by atoms with van der Waals surface area (Å²) < 4.78 is 4.46. The number of nitrogens with two attached hydrogens (primary N) is 1. The van der Waals surface area contributed by atoms with Gasteiger partial charge in [-0.1, -0.05) is 18.2 Å². The van der Waals surface area contributed by atoms with Crippen molar-refractivity contribution in [3.05, 3.63) is 30.3 Å². The standard InChI is InChI=1S/C9H10N2O3/c10-9(13)14-8(6-12)11-7-4-2-1-3-5-7/h1-6,8,11H,(H2,10,13). The van der Waals surface area contributed by atoms with Crippen LogP contribution < -0.4 is 11.1 Å². The van der Waals surface area contributed by atoms with Crippen LogP contribution in [-0.4, -0.2) is 18.6 Å². The van der Waals surface area contributed by atoms with Crippen LogP contribution in [0.4, 0.5) is 10.5 Å². The fourth-order valence-electron chi connectivity index (χ4n) is 0.915. The van der Waals surface area contributed by atoms with Crippen molar-refractivity contribution in [2.75, 3.05) is 5.32 Å². The molecule has 0 radical (unpaired) electrons. The number of ether oxygens (including phenoxy) is 1. The molecule has 5 nitrogen and oxygen atoms in total. The topological polar surface area (TPSA) is 81.4 Å². The average Bonchev–Trinajstić information content (AvgIpc) is 2.17. The molecular weight excluding hydrogens is 184 g/mol. The van der Waals surface area contributed by atoms with Crippen LogP contribution in [0.15, 0.2) is 30.3 Å². The molecule has 5 heteroatoms. The lowest BCUT2D eigenvalue weighted by Gasteiger charge is -2.12. The quantitative estimate of drug-likeness (QED) is 0.546. The Balaban J connectivity index is 2.57. The molecule has 1 aromatic rings. The molecule has 0 aliphatic carbocycles. The number of carbonyl (C=O) groups is 2. The van der Waals surface area contributed by atoms with Crippen molar-refractivity contribution in [3.63, 3.8) is 0 Å². The smallest absolute Gasteiger partial charge is 0.406 e. The van der Waals surface area contributed by atoms with Crippen molar-refractivity contribution in [2.45, 2.75) is 6.23 Å². The van der Waals surface area contributed by atoms with Gasteiger partial charge < -0.3 is 15.8 Å². The summed E-state index contributed by atoms with van der Waals surface area (Å²) in [4.78, 5) is 20.8. The van der Waals surface area contributed by atoms with E-state index < -0.39 is 12.3 Å². The number of amides is 1. The Morgan fingerprint density at radius 3 is 2.57 bits per heavy atom. The van der Waals surface area contributed by atoms with Gasteiger partial charge >= 0.3 is 6.09 Å². The molecule has 1 atom stereocenters. The Morgan fingerprint density at radius 2 is 2.07 bits per heavy atom. The van der Waals surface area contributed by atoms with Gasteiger partial charge in [-0.25, -0.2) is 4.79 Å². The highest BCUT2D eigenvalue weighted by molar-refractivity contribution is 5.71. The van der Waals surface area contributed by atoms with Crippen LogP contribution in [0, 0.1) is 0 Å². The average molecular weight is 194 g/mol. The minimum absolute atomic E-state index is 0.456. The molecule has 0 saturated heterocycles. The molecule has 14 heavy (non-hydrogen) atoms. The molecule has 0 aromatic heterocycles. The van der Waals surface area contributed by atoms with Gasteiger partial charge in [0.1, 0.15) is 0 Å². The van der Waals surface area contributed by atoms with Crippen molar-refractivity contribution < 1.29 is 14.3 Å². The van der Waals surface area contributed by atoms with Crippen LogP contribution in [0.1, 0.15) is 0 Å². The van der Waals surface area contributed by atoms with Gasteiger partial charge in [-0.15, -0.1) is 0 Å². The Kier molecular flexibility index (Phi) is 3.49. The second-order valence-corrected chi connectivity index (χ2v) is 2.50. The van der Waals surface area contributed by atoms with Crippen molar-refractivity contribution in [3.8, 4) is 0 Å². The summed E-state index contributed by atoms with van der Waals surface area (Å²) in [5.41, 5.74) is 5.43.